The van der Waals surface area contributed by atoms with Crippen LogP contribution in [0.5, 0.6) is 0 Å². The molecule has 0 bridgehead atoms. The molecule has 29 heavy (non-hydrogen) atoms. The van der Waals surface area contributed by atoms with Crippen LogP contribution < -0.4 is 5.32 Å². The molecule has 142 valence electrons. The third kappa shape index (κ3) is 3.28. The molecule has 5 aromatic rings. The largest absolute Gasteiger partial charge is 0.322 e. The predicted octanol–water partition coefficient (Wildman–Crippen LogP) is 5.48. The van der Waals surface area contributed by atoms with Crippen LogP contribution in [0.4, 0.5) is 5.69 Å². The Morgan fingerprint density at radius 1 is 1.07 bits per heavy atom. The van der Waals surface area contributed by atoms with Crippen molar-refractivity contribution < 1.29 is 4.79 Å². The molecule has 6 heteroatoms. The topological polar surface area (TPSA) is 59.3 Å². The van der Waals surface area contributed by atoms with Gasteiger partial charge in [0.15, 0.2) is 0 Å². The Balaban J connectivity index is 1.47. The molecule has 0 spiro atoms. The number of pyridine rings is 1. The SMILES string of the molecule is Cc1ccn2cc(-c3ccc(C)c(NC(=O)c4ccc5ncsc5c4)c3)nc2c1. The molecule has 0 aliphatic rings. The van der Waals surface area contributed by atoms with Gasteiger partial charge in [0.2, 0.25) is 0 Å². The van der Waals surface area contributed by atoms with Crippen LogP contribution in [0.3, 0.4) is 0 Å². The van der Waals surface area contributed by atoms with Gasteiger partial charge in [-0.1, -0.05) is 12.1 Å². The average Bonchev–Trinajstić information content (AvgIpc) is 3.35. The van der Waals surface area contributed by atoms with Crippen molar-refractivity contribution in [2.45, 2.75) is 13.8 Å². The fraction of sp³-hybridized carbons (Fsp3) is 0.0870. The zero-order valence-corrected chi connectivity index (χ0v) is 16.8. The molecule has 0 aliphatic heterocycles. The molecule has 0 saturated heterocycles. The smallest absolute Gasteiger partial charge is 0.255 e. The van der Waals surface area contributed by atoms with Gasteiger partial charge in [-0.3, -0.25) is 4.79 Å². The van der Waals surface area contributed by atoms with Crippen LogP contribution in [0.1, 0.15) is 21.5 Å². The van der Waals surface area contributed by atoms with Gasteiger partial charge in [-0.15, -0.1) is 11.3 Å². The lowest BCUT2D eigenvalue weighted by Gasteiger charge is -2.10. The number of aryl methyl sites for hydroxylation is 2. The van der Waals surface area contributed by atoms with E-state index in [0.717, 1.165) is 38.4 Å². The number of benzene rings is 2. The molecule has 5 rings (SSSR count). The molecule has 3 heterocycles. The Kier molecular flexibility index (Phi) is 4.14. The third-order valence-corrected chi connectivity index (χ3v) is 5.78. The van der Waals surface area contributed by atoms with Crippen molar-refractivity contribution in [2.24, 2.45) is 0 Å². The number of thiazole rings is 1. The number of hydrogen-bond donors (Lipinski definition) is 1. The van der Waals surface area contributed by atoms with Gasteiger partial charge >= 0.3 is 0 Å². The number of nitrogens with zero attached hydrogens (tertiary/aromatic N) is 3. The summed E-state index contributed by atoms with van der Waals surface area (Å²) < 4.78 is 3.01. The normalized spacial score (nSPS) is 11.2. The molecule has 0 unspecified atom stereocenters. The van der Waals surface area contributed by atoms with E-state index in [4.69, 9.17) is 4.98 Å². The van der Waals surface area contributed by atoms with Crippen LogP contribution in [0.25, 0.3) is 27.1 Å². The Morgan fingerprint density at radius 2 is 1.97 bits per heavy atom. The minimum Gasteiger partial charge on any atom is -0.322 e. The van der Waals surface area contributed by atoms with E-state index in [1.807, 2.05) is 54.0 Å². The third-order valence-electron chi connectivity index (χ3n) is 4.99. The van der Waals surface area contributed by atoms with Gasteiger partial charge in [-0.25, -0.2) is 9.97 Å². The zero-order valence-electron chi connectivity index (χ0n) is 16.0. The number of carbonyl (C=O) groups excluding carboxylic acids is 1. The number of aromatic nitrogens is 3. The van der Waals surface area contributed by atoms with Crippen LogP contribution >= 0.6 is 11.3 Å². The van der Waals surface area contributed by atoms with E-state index in [2.05, 4.69) is 29.4 Å². The van der Waals surface area contributed by atoms with Crippen LogP contribution in [-0.4, -0.2) is 20.3 Å². The van der Waals surface area contributed by atoms with Crippen molar-refractivity contribution in [2.75, 3.05) is 5.32 Å². The van der Waals surface area contributed by atoms with Gasteiger partial charge in [0.1, 0.15) is 5.65 Å². The van der Waals surface area contributed by atoms with Gasteiger partial charge in [-0.2, -0.15) is 0 Å². The highest BCUT2D eigenvalue weighted by atomic mass is 32.1. The summed E-state index contributed by atoms with van der Waals surface area (Å²) in [6.45, 7) is 4.04. The van der Waals surface area contributed by atoms with Crippen molar-refractivity contribution in [3.05, 3.63) is 83.1 Å². The first-order chi connectivity index (χ1) is 14.1. The van der Waals surface area contributed by atoms with Crippen molar-refractivity contribution in [1.29, 1.82) is 0 Å². The number of fused-ring (bicyclic) bond motifs is 2. The molecule has 2 aromatic carbocycles. The lowest BCUT2D eigenvalue weighted by atomic mass is 10.1. The Morgan fingerprint density at radius 3 is 2.86 bits per heavy atom. The number of nitrogens with one attached hydrogen (secondary N) is 1. The van der Waals surface area contributed by atoms with Gasteiger partial charge in [0.25, 0.3) is 5.91 Å². The summed E-state index contributed by atoms with van der Waals surface area (Å²) in [7, 11) is 0. The standard InChI is InChI=1S/C23H18N4OS/c1-14-7-8-27-12-20(25-22(27)9-14)16-4-3-15(2)19(10-16)26-23(28)17-5-6-18-21(11-17)29-13-24-18/h3-13H,1-2H3,(H,26,28). The van der Waals surface area contributed by atoms with E-state index in [0.29, 0.717) is 5.56 Å². The number of carbonyl (C=O) groups is 1. The monoisotopic (exact) mass is 398 g/mol. The van der Waals surface area contributed by atoms with E-state index >= 15 is 0 Å². The number of imidazole rings is 1. The van der Waals surface area contributed by atoms with Crippen LogP contribution in [0.15, 0.2) is 66.4 Å². The molecule has 5 nitrogen and oxygen atoms in total. The van der Waals surface area contributed by atoms with Gasteiger partial charge in [0, 0.05) is 29.2 Å². The lowest BCUT2D eigenvalue weighted by Crippen LogP contribution is -2.12. The van der Waals surface area contributed by atoms with E-state index in [1.165, 1.54) is 16.9 Å². The molecule has 0 aliphatic carbocycles. The minimum absolute atomic E-state index is 0.133. The maximum atomic E-state index is 12.8. The fourth-order valence-corrected chi connectivity index (χ4v) is 4.05. The van der Waals surface area contributed by atoms with Crippen molar-refractivity contribution >= 4 is 38.8 Å². The van der Waals surface area contributed by atoms with Crippen molar-refractivity contribution in [1.82, 2.24) is 14.4 Å². The van der Waals surface area contributed by atoms with E-state index in [-0.39, 0.29) is 5.91 Å². The molecule has 0 radical (unpaired) electrons. The predicted molar refractivity (Wildman–Crippen MR) is 118 cm³/mol. The maximum absolute atomic E-state index is 12.8. The lowest BCUT2D eigenvalue weighted by molar-refractivity contribution is 0.102. The highest BCUT2D eigenvalue weighted by Gasteiger charge is 2.12. The number of rotatable bonds is 3. The zero-order chi connectivity index (χ0) is 20.0. The maximum Gasteiger partial charge on any atom is 0.255 e. The van der Waals surface area contributed by atoms with Crippen LogP contribution in [-0.2, 0) is 0 Å². The molecular weight excluding hydrogens is 380 g/mol. The van der Waals surface area contributed by atoms with Gasteiger partial charge in [0.05, 0.1) is 21.4 Å². The van der Waals surface area contributed by atoms with Crippen LogP contribution in [0.2, 0.25) is 0 Å². The fourth-order valence-electron chi connectivity index (χ4n) is 3.33. The molecule has 0 fully saturated rings. The number of amides is 1. The quantitative estimate of drug-likeness (QED) is 0.438. The Bertz CT molecular complexity index is 1380. The highest BCUT2D eigenvalue weighted by Crippen LogP contribution is 2.26. The van der Waals surface area contributed by atoms with E-state index < -0.39 is 0 Å². The molecule has 1 N–H and O–H groups in total. The second-order valence-electron chi connectivity index (χ2n) is 7.11. The number of anilines is 1. The minimum atomic E-state index is -0.133. The second-order valence-corrected chi connectivity index (χ2v) is 8.00. The first-order valence-electron chi connectivity index (χ1n) is 9.28. The van der Waals surface area contributed by atoms with Gasteiger partial charge in [-0.05, 0) is 61.4 Å². The van der Waals surface area contributed by atoms with Crippen molar-refractivity contribution in [3.8, 4) is 11.3 Å². The summed E-state index contributed by atoms with van der Waals surface area (Å²) in [5, 5.41) is 3.05. The summed E-state index contributed by atoms with van der Waals surface area (Å²) >= 11 is 1.53. The Labute approximate surface area is 171 Å². The first kappa shape index (κ1) is 17.6. The van der Waals surface area contributed by atoms with Crippen LogP contribution in [0, 0.1) is 13.8 Å². The highest BCUT2D eigenvalue weighted by molar-refractivity contribution is 7.16. The molecule has 3 aromatic heterocycles. The number of hydrogen-bond acceptors (Lipinski definition) is 4. The molecular formula is C23H18N4OS. The molecule has 0 atom stereocenters. The summed E-state index contributed by atoms with van der Waals surface area (Å²) in [5.74, 6) is -0.133. The van der Waals surface area contributed by atoms with E-state index in [1.54, 1.807) is 11.6 Å². The second kappa shape index (κ2) is 6.83. The summed E-state index contributed by atoms with van der Waals surface area (Å²) in [5.41, 5.74) is 9.01. The van der Waals surface area contributed by atoms with Crippen molar-refractivity contribution in [3.63, 3.8) is 0 Å². The summed E-state index contributed by atoms with van der Waals surface area (Å²) in [6.07, 6.45) is 4.01. The summed E-state index contributed by atoms with van der Waals surface area (Å²) in [6, 6.07) is 15.7. The molecule has 0 saturated carbocycles. The van der Waals surface area contributed by atoms with Gasteiger partial charge < -0.3 is 9.72 Å². The summed E-state index contributed by atoms with van der Waals surface area (Å²) in [4.78, 5) is 21.8. The Hall–Kier alpha value is -3.51. The first-order valence-corrected chi connectivity index (χ1v) is 10.2. The van der Waals surface area contributed by atoms with E-state index in [9.17, 15) is 4.79 Å². The molecule has 1 amide bonds. The average molecular weight is 398 g/mol.